The second kappa shape index (κ2) is 13.9. The molecule has 0 radical (unpaired) electrons. The summed E-state index contributed by atoms with van der Waals surface area (Å²) < 4.78 is 48.2. The summed E-state index contributed by atoms with van der Waals surface area (Å²) in [7, 11) is 0. The number of nitrogens with one attached hydrogen (secondary N) is 2. The summed E-state index contributed by atoms with van der Waals surface area (Å²) in [6, 6.07) is 10.2. The molecule has 2 aromatic carbocycles. The summed E-state index contributed by atoms with van der Waals surface area (Å²) in [6.07, 6.45) is -3.04. The number of esters is 2. The number of hydrogen-bond acceptors (Lipinski definition) is 6. The van der Waals surface area contributed by atoms with E-state index < -0.39 is 42.1 Å². The second-order valence-corrected chi connectivity index (χ2v) is 7.76. The standard InChI is InChI=1S/C25H27F3N2O6/c1-2-3-14-35-24(34)17-10-12-19(13-11-17)29-22(32)16-36-23(33)9-5-8-21(31)30-20-7-4-6-18(15-20)25(26,27)28/h4,6-7,10-13,15H,2-3,5,8-9,14,16H2,1H3,(H,29,32)(H,30,31). The topological polar surface area (TPSA) is 111 Å². The van der Waals surface area contributed by atoms with Crippen molar-refractivity contribution < 1.29 is 41.8 Å². The van der Waals surface area contributed by atoms with Crippen LogP contribution in [0.1, 0.15) is 54.9 Å². The van der Waals surface area contributed by atoms with Crippen LogP contribution in [0.4, 0.5) is 24.5 Å². The van der Waals surface area contributed by atoms with Crippen LogP contribution in [0, 0.1) is 0 Å². The molecule has 0 saturated heterocycles. The quantitative estimate of drug-likeness (QED) is 0.310. The maximum absolute atomic E-state index is 12.7. The first kappa shape index (κ1) is 28.3. The molecule has 2 amide bonds. The third-order valence-corrected chi connectivity index (χ3v) is 4.76. The minimum Gasteiger partial charge on any atom is -0.462 e. The van der Waals surface area contributed by atoms with E-state index in [1.54, 1.807) is 0 Å². The number of halogens is 3. The van der Waals surface area contributed by atoms with E-state index in [0.29, 0.717) is 17.9 Å². The highest BCUT2D eigenvalue weighted by atomic mass is 19.4. The summed E-state index contributed by atoms with van der Waals surface area (Å²) in [5, 5.41) is 4.86. The molecule has 0 unspecified atom stereocenters. The van der Waals surface area contributed by atoms with Crippen LogP contribution in [0.15, 0.2) is 48.5 Å². The van der Waals surface area contributed by atoms with Crippen LogP contribution in [0.25, 0.3) is 0 Å². The fourth-order valence-corrected chi connectivity index (χ4v) is 2.89. The van der Waals surface area contributed by atoms with E-state index >= 15 is 0 Å². The third-order valence-electron chi connectivity index (χ3n) is 4.76. The first-order chi connectivity index (χ1) is 17.1. The van der Waals surface area contributed by atoms with Crippen molar-refractivity contribution in [3.8, 4) is 0 Å². The molecule has 0 aliphatic rings. The third kappa shape index (κ3) is 10.2. The number of ether oxygens (including phenoxy) is 2. The van der Waals surface area contributed by atoms with Gasteiger partial charge in [-0.05, 0) is 55.3 Å². The van der Waals surface area contributed by atoms with Gasteiger partial charge in [-0.1, -0.05) is 19.4 Å². The Kier molecular flexibility index (Phi) is 10.9. The summed E-state index contributed by atoms with van der Waals surface area (Å²) in [6.45, 7) is 1.77. The second-order valence-electron chi connectivity index (χ2n) is 7.76. The van der Waals surface area contributed by atoms with Crippen molar-refractivity contribution in [1.82, 2.24) is 0 Å². The summed E-state index contributed by atoms with van der Waals surface area (Å²) in [4.78, 5) is 47.6. The maximum atomic E-state index is 12.7. The average Bonchev–Trinajstić information content (AvgIpc) is 2.83. The van der Waals surface area contributed by atoms with Crippen LogP contribution in [-0.4, -0.2) is 37.0 Å². The molecule has 11 heteroatoms. The van der Waals surface area contributed by atoms with Crippen molar-refractivity contribution in [2.24, 2.45) is 0 Å². The van der Waals surface area contributed by atoms with Crippen molar-refractivity contribution in [2.75, 3.05) is 23.8 Å². The molecule has 0 fully saturated rings. The molecule has 8 nitrogen and oxygen atoms in total. The van der Waals surface area contributed by atoms with Crippen molar-refractivity contribution in [3.05, 3.63) is 59.7 Å². The largest absolute Gasteiger partial charge is 0.462 e. The molecule has 0 spiro atoms. The van der Waals surface area contributed by atoms with E-state index in [1.807, 2.05) is 6.92 Å². The Morgan fingerprint density at radius 2 is 1.53 bits per heavy atom. The molecule has 2 N–H and O–H groups in total. The lowest BCUT2D eigenvalue weighted by Crippen LogP contribution is -2.21. The molecule has 194 valence electrons. The molecule has 0 atom stereocenters. The number of rotatable bonds is 12. The van der Waals surface area contributed by atoms with E-state index in [2.05, 4.69) is 10.6 Å². The maximum Gasteiger partial charge on any atom is 0.416 e. The molecule has 0 aromatic heterocycles. The van der Waals surface area contributed by atoms with E-state index in [9.17, 15) is 32.3 Å². The van der Waals surface area contributed by atoms with Crippen LogP contribution in [0.3, 0.4) is 0 Å². The number of amides is 2. The van der Waals surface area contributed by atoms with Crippen LogP contribution in [-0.2, 0) is 30.0 Å². The van der Waals surface area contributed by atoms with Crippen LogP contribution >= 0.6 is 0 Å². The fourth-order valence-electron chi connectivity index (χ4n) is 2.89. The Bertz CT molecular complexity index is 1050. The van der Waals surface area contributed by atoms with Crippen LogP contribution in [0.5, 0.6) is 0 Å². The molecular formula is C25H27F3N2O6. The first-order valence-electron chi connectivity index (χ1n) is 11.3. The molecule has 0 saturated carbocycles. The number of hydrogen-bond donors (Lipinski definition) is 2. The Morgan fingerprint density at radius 3 is 2.19 bits per heavy atom. The highest BCUT2D eigenvalue weighted by molar-refractivity contribution is 5.94. The first-order valence-corrected chi connectivity index (χ1v) is 11.3. The summed E-state index contributed by atoms with van der Waals surface area (Å²) >= 11 is 0. The van der Waals surface area contributed by atoms with E-state index in [1.165, 1.54) is 36.4 Å². The minimum atomic E-state index is -4.53. The molecule has 2 rings (SSSR count). The minimum absolute atomic E-state index is 0.00418. The zero-order valence-corrected chi connectivity index (χ0v) is 19.7. The molecule has 0 aliphatic carbocycles. The fraction of sp³-hybridized carbons (Fsp3) is 0.360. The lowest BCUT2D eigenvalue weighted by Gasteiger charge is -2.10. The monoisotopic (exact) mass is 508 g/mol. The van der Waals surface area contributed by atoms with E-state index in [-0.39, 0.29) is 24.9 Å². The van der Waals surface area contributed by atoms with Gasteiger partial charge in [0.25, 0.3) is 5.91 Å². The number of carbonyl (C=O) groups excluding carboxylic acids is 4. The predicted molar refractivity (Wildman–Crippen MR) is 125 cm³/mol. The average molecular weight is 508 g/mol. The van der Waals surface area contributed by atoms with Gasteiger partial charge in [-0.2, -0.15) is 13.2 Å². The van der Waals surface area contributed by atoms with Gasteiger partial charge in [-0.3, -0.25) is 14.4 Å². The Labute approximate surface area is 206 Å². The number of unbranched alkanes of at least 4 members (excludes halogenated alkanes) is 1. The van der Waals surface area contributed by atoms with Gasteiger partial charge in [0.2, 0.25) is 5.91 Å². The summed E-state index contributed by atoms with van der Waals surface area (Å²) in [5.41, 5.74) is -0.154. The molecule has 36 heavy (non-hydrogen) atoms. The number of carbonyl (C=O) groups is 4. The van der Waals surface area contributed by atoms with Crippen molar-refractivity contribution in [3.63, 3.8) is 0 Å². The van der Waals surface area contributed by atoms with Gasteiger partial charge in [0.1, 0.15) is 0 Å². The Hall–Kier alpha value is -3.89. The predicted octanol–water partition coefficient (Wildman–Crippen LogP) is 4.95. The van der Waals surface area contributed by atoms with Crippen LogP contribution in [0.2, 0.25) is 0 Å². The zero-order chi connectivity index (χ0) is 26.6. The number of benzene rings is 2. The van der Waals surface area contributed by atoms with Crippen molar-refractivity contribution in [2.45, 2.75) is 45.2 Å². The highest BCUT2D eigenvalue weighted by Crippen LogP contribution is 2.30. The normalized spacial score (nSPS) is 10.9. The van der Waals surface area contributed by atoms with Gasteiger partial charge in [-0.15, -0.1) is 0 Å². The van der Waals surface area contributed by atoms with E-state index in [0.717, 1.165) is 25.0 Å². The van der Waals surface area contributed by atoms with Gasteiger partial charge in [-0.25, -0.2) is 4.79 Å². The van der Waals surface area contributed by atoms with Crippen molar-refractivity contribution >= 4 is 35.1 Å². The van der Waals surface area contributed by atoms with Crippen LogP contribution < -0.4 is 10.6 Å². The number of anilines is 2. The molecular weight excluding hydrogens is 481 g/mol. The van der Waals surface area contributed by atoms with Gasteiger partial charge in [0.15, 0.2) is 6.61 Å². The molecule has 0 bridgehead atoms. The Morgan fingerprint density at radius 1 is 0.833 bits per heavy atom. The van der Waals surface area contributed by atoms with Gasteiger partial charge in [0.05, 0.1) is 17.7 Å². The van der Waals surface area contributed by atoms with Gasteiger partial charge >= 0.3 is 18.1 Å². The lowest BCUT2D eigenvalue weighted by molar-refractivity contribution is -0.147. The van der Waals surface area contributed by atoms with Gasteiger partial charge in [0, 0.05) is 24.2 Å². The lowest BCUT2D eigenvalue weighted by atomic mass is 10.2. The Balaban J connectivity index is 1.66. The van der Waals surface area contributed by atoms with E-state index in [4.69, 9.17) is 9.47 Å². The molecule has 0 heterocycles. The SMILES string of the molecule is CCCCOC(=O)c1ccc(NC(=O)COC(=O)CCCC(=O)Nc2cccc(C(F)(F)F)c2)cc1. The number of alkyl halides is 3. The summed E-state index contributed by atoms with van der Waals surface area (Å²) in [5.74, 6) is -2.32. The molecule has 0 aliphatic heterocycles. The zero-order valence-electron chi connectivity index (χ0n) is 19.7. The highest BCUT2D eigenvalue weighted by Gasteiger charge is 2.30. The van der Waals surface area contributed by atoms with Gasteiger partial charge < -0.3 is 20.1 Å². The van der Waals surface area contributed by atoms with Crippen molar-refractivity contribution in [1.29, 1.82) is 0 Å². The molecule has 2 aromatic rings. The smallest absolute Gasteiger partial charge is 0.416 e.